The second-order valence-electron chi connectivity index (χ2n) is 4.06. The maximum absolute atomic E-state index is 3.84. The van der Waals surface area contributed by atoms with Gasteiger partial charge in [0.1, 0.15) is 8.24 Å². The molecule has 0 rings (SSSR count). The van der Waals surface area contributed by atoms with Crippen LogP contribution in [0.4, 0.5) is 0 Å². The molecule has 0 amide bonds. The summed E-state index contributed by atoms with van der Waals surface area (Å²) in [5, 5.41) is 0. The quantitative estimate of drug-likeness (QED) is 0.590. The lowest BCUT2D eigenvalue weighted by molar-refractivity contribution is 0.832. The Bertz CT molecular complexity index is 85.1. The molecule has 0 saturated carbocycles. The van der Waals surface area contributed by atoms with Crippen molar-refractivity contribution in [3.63, 3.8) is 0 Å². The Kier molecular flexibility index (Phi) is 7.67. The van der Waals surface area contributed by atoms with Gasteiger partial charge in [-0.1, -0.05) is 47.0 Å². The summed E-state index contributed by atoms with van der Waals surface area (Å²) < 4.78 is 0. The van der Waals surface area contributed by atoms with Crippen molar-refractivity contribution in [3.8, 4) is 0 Å². The van der Waals surface area contributed by atoms with Crippen LogP contribution in [0, 0.1) is 0 Å². The van der Waals surface area contributed by atoms with Gasteiger partial charge >= 0.3 is 0 Å². The lowest BCUT2D eigenvalue weighted by Crippen LogP contribution is -2.49. The standard InChI is InChI=1S/C11H27NSi/c1-5-9-13(10-6-2,11-7-3)12-8-4/h12H,5-11H2,1-4H3. The molecule has 0 radical (unpaired) electrons. The lowest BCUT2D eigenvalue weighted by atomic mass is 10.6. The molecule has 1 nitrogen and oxygen atoms in total. The van der Waals surface area contributed by atoms with E-state index in [1.165, 1.54) is 43.9 Å². The molecule has 80 valence electrons. The van der Waals surface area contributed by atoms with Crippen LogP contribution < -0.4 is 4.98 Å². The first-order valence-corrected chi connectivity index (χ1v) is 8.61. The second-order valence-corrected chi connectivity index (χ2v) is 8.47. The zero-order chi connectivity index (χ0) is 10.2. The van der Waals surface area contributed by atoms with E-state index in [1.807, 2.05) is 0 Å². The van der Waals surface area contributed by atoms with Crippen molar-refractivity contribution in [3.05, 3.63) is 0 Å². The van der Waals surface area contributed by atoms with Crippen molar-refractivity contribution in [2.75, 3.05) is 6.54 Å². The van der Waals surface area contributed by atoms with Crippen molar-refractivity contribution in [1.82, 2.24) is 4.98 Å². The Morgan fingerprint density at radius 2 is 1.15 bits per heavy atom. The SMILES string of the molecule is CCC[Si](CCC)(CCC)NCC. The normalized spacial score (nSPS) is 12.0. The molecule has 0 aromatic carbocycles. The smallest absolute Gasteiger partial charge is 0.125 e. The van der Waals surface area contributed by atoms with Crippen LogP contribution in [0.25, 0.3) is 0 Å². The highest BCUT2D eigenvalue weighted by molar-refractivity contribution is 6.77. The van der Waals surface area contributed by atoms with E-state index in [0.29, 0.717) is 0 Å². The van der Waals surface area contributed by atoms with Crippen LogP contribution in [0.3, 0.4) is 0 Å². The minimum absolute atomic E-state index is 1.05. The number of hydrogen-bond acceptors (Lipinski definition) is 1. The zero-order valence-corrected chi connectivity index (χ0v) is 10.9. The van der Waals surface area contributed by atoms with Crippen LogP contribution in [-0.2, 0) is 0 Å². The Morgan fingerprint density at radius 3 is 1.38 bits per heavy atom. The van der Waals surface area contributed by atoms with Gasteiger partial charge in [0.05, 0.1) is 0 Å². The van der Waals surface area contributed by atoms with E-state index < -0.39 is 8.24 Å². The predicted octanol–water partition coefficient (Wildman–Crippen LogP) is 3.77. The largest absolute Gasteiger partial charge is 0.337 e. The Morgan fingerprint density at radius 1 is 0.769 bits per heavy atom. The number of hydrogen-bond donors (Lipinski definition) is 1. The monoisotopic (exact) mass is 201 g/mol. The van der Waals surface area contributed by atoms with E-state index in [9.17, 15) is 0 Å². The first kappa shape index (κ1) is 13.2. The number of rotatable bonds is 8. The van der Waals surface area contributed by atoms with E-state index >= 15 is 0 Å². The summed E-state index contributed by atoms with van der Waals surface area (Å²) in [4.78, 5) is 3.84. The van der Waals surface area contributed by atoms with Gasteiger partial charge in [0, 0.05) is 0 Å². The van der Waals surface area contributed by atoms with Gasteiger partial charge in [-0.05, 0) is 24.7 Å². The van der Waals surface area contributed by atoms with E-state index in [2.05, 4.69) is 32.7 Å². The highest BCUT2D eigenvalue weighted by Crippen LogP contribution is 2.22. The molecule has 0 aliphatic heterocycles. The Labute approximate surface area is 85.4 Å². The molecule has 0 unspecified atom stereocenters. The average Bonchev–Trinajstić information content (AvgIpc) is 2.06. The topological polar surface area (TPSA) is 12.0 Å². The minimum atomic E-state index is -1.05. The van der Waals surface area contributed by atoms with Crippen LogP contribution >= 0.6 is 0 Å². The first-order valence-electron chi connectivity index (χ1n) is 5.99. The third kappa shape index (κ3) is 4.82. The second kappa shape index (κ2) is 7.57. The number of nitrogens with one attached hydrogen (secondary N) is 1. The molecule has 0 aliphatic rings. The maximum atomic E-state index is 3.84. The van der Waals surface area contributed by atoms with Crippen molar-refractivity contribution in [1.29, 1.82) is 0 Å². The van der Waals surface area contributed by atoms with Crippen molar-refractivity contribution in [2.24, 2.45) is 0 Å². The highest BCUT2D eigenvalue weighted by atomic mass is 28.3. The van der Waals surface area contributed by atoms with Crippen molar-refractivity contribution in [2.45, 2.75) is 65.1 Å². The molecule has 0 saturated heterocycles. The minimum Gasteiger partial charge on any atom is -0.337 e. The molecule has 0 heterocycles. The summed E-state index contributed by atoms with van der Waals surface area (Å²) in [6.45, 7) is 10.4. The van der Waals surface area contributed by atoms with Gasteiger partial charge < -0.3 is 4.98 Å². The molecule has 0 aromatic rings. The molecule has 1 N–H and O–H groups in total. The third-order valence-corrected chi connectivity index (χ3v) is 8.21. The predicted molar refractivity (Wildman–Crippen MR) is 64.7 cm³/mol. The van der Waals surface area contributed by atoms with Crippen LogP contribution in [0.15, 0.2) is 0 Å². The van der Waals surface area contributed by atoms with Gasteiger partial charge in [0.25, 0.3) is 0 Å². The van der Waals surface area contributed by atoms with E-state index in [1.54, 1.807) is 0 Å². The van der Waals surface area contributed by atoms with Crippen molar-refractivity contribution < 1.29 is 0 Å². The molecule has 2 heteroatoms. The van der Waals surface area contributed by atoms with Gasteiger partial charge in [-0.2, -0.15) is 0 Å². The maximum Gasteiger partial charge on any atom is 0.125 e. The first-order chi connectivity index (χ1) is 6.24. The van der Waals surface area contributed by atoms with Crippen molar-refractivity contribution >= 4 is 8.24 Å². The summed E-state index contributed by atoms with van der Waals surface area (Å²) in [6, 6.07) is 4.42. The molecule has 0 atom stereocenters. The summed E-state index contributed by atoms with van der Waals surface area (Å²) >= 11 is 0. The molecule has 0 aliphatic carbocycles. The summed E-state index contributed by atoms with van der Waals surface area (Å²) in [5.74, 6) is 0. The average molecular weight is 201 g/mol. The van der Waals surface area contributed by atoms with Crippen LogP contribution in [0.1, 0.15) is 47.0 Å². The van der Waals surface area contributed by atoms with Crippen LogP contribution in [-0.4, -0.2) is 14.8 Å². The molecular formula is C11H27NSi. The Hall–Kier alpha value is 0.177. The van der Waals surface area contributed by atoms with E-state index in [-0.39, 0.29) is 0 Å². The molecule has 0 spiro atoms. The van der Waals surface area contributed by atoms with Crippen LogP contribution in [0.2, 0.25) is 18.1 Å². The highest BCUT2D eigenvalue weighted by Gasteiger charge is 2.28. The lowest BCUT2D eigenvalue weighted by Gasteiger charge is -2.31. The van der Waals surface area contributed by atoms with E-state index in [0.717, 1.165) is 0 Å². The van der Waals surface area contributed by atoms with Gasteiger partial charge in [0.15, 0.2) is 0 Å². The van der Waals surface area contributed by atoms with Crippen LogP contribution in [0.5, 0.6) is 0 Å². The zero-order valence-electron chi connectivity index (χ0n) is 9.95. The fourth-order valence-corrected chi connectivity index (χ4v) is 7.35. The molecular weight excluding hydrogens is 174 g/mol. The molecule has 0 bridgehead atoms. The van der Waals surface area contributed by atoms with Gasteiger partial charge in [-0.15, -0.1) is 0 Å². The third-order valence-electron chi connectivity index (χ3n) is 2.74. The fraction of sp³-hybridized carbons (Fsp3) is 1.00. The summed E-state index contributed by atoms with van der Waals surface area (Å²) in [5.41, 5.74) is 0. The molecule has 13 heavy (non-hydrogen) atoms. The molecule has 0 aromatic heterocycles. The van der Waals surface area contributed by atoms with Gasteiger partial charge in [-0.25, -0.2) is 0 Å². The molecule has 0 fully saturated rings. The fourth-order valence-electron chi connectivity index (χ4n) is 2.45. The van der Waals surface area contributed by atoms with E-state index in [4.69, 9.17) is 0 Å². The van der Waals surface area contributed by atoms with Gasteiger partial charge in [-0.3, -0.25) is 0 Å². The Balaban J connectivity index is 4.19. The summed E-state index contributed by atoms with van der Waals surface area (Å²) in [6.07, 6.45) is 4.08. The summed E-state index contributed by atoms with van der Waals surface area (Å²) in [7, 11) is -1.05. The van der Waals surface area contributed by atoms with Gasteiger partial charge in [0.2, 0.25) is 0 Å².